The third-order valence-corrected chi connectivity index (χ3v) is 5.69. The SMILES string of the molecule is CNC(=O)c1cc(C)nnc1Nc1ccc2c(c1)ncn2-c1ccc(OC(F)F)c(-n2nc(C#N)cc2C)n1. The normalized spacial score (nSPS) is 11.0. The fourth-order valence-corrected chi connectivity index (χ4v) is 3.94. The Morgan fingerprint density at radius 1 is 1.13 bits per heavy atom. The standard InChI is InChI=1S/C25H20F2N10O2/c1-13-8-17(24(38)29-3)22(34-33-13)31-15-4-5-19-18(10-15)30-12-36(19)21-7-6-20(39-25(26)27)23(32-21)37-14(2)9-16(11-28)35-37/h4-10,12,25H,1-3H3,(H,29,38)(H,31,34). The predicted octanol–water partition coefficient (Wildman–Crippen LogP) is 3.59. The van der Waals surface area contributed by atoms with E-state index in [1.54, 1.807) is 42.7 Å². The summed E-state index contributed by atoms with van der Waals surface area (Å²) in [6, 6.07) is 13.2. The minimum atomic E-state index is -3.08. The summed E-state index contributed by atoms with van der Waals surface area (Å²) >= 11 is 0. The first-order valence-corrected chi connectivity index (χ1v) is 11.5. The van der Waals surface area contributed by atoms with Gasteiger partial charge in [0.05, 0.1) is 22.3 Å². The number of imidazole rings is 1. The van der Waals surface area contributed by atoms with Crippen LogP contribution in [0.15, 0.2) is 48.8 Å². The first-order valence-electron chi connectivity index (χ1n) is 11.5. The summed E-state index contributed by atoms with van der Waals surface area (Å²) < 4.78 is 33.8. The number of carbonyl (C=O) groups is 1. The van der Waals surface area contributed by atoms with Gasteiger partial charge in [-0.1, -0.05) is 0 Å². The van der Waals surface area contributed by atoms with Gasteiger partial charge in [0.25, 0.3) is 5.91 Å². The van der Waals surface area contributed by atoms with Gasteiger partial charge in [-0.25, -0.2) is 14.6 Å². The molecule has 196 valence electrons. The van der Waals surface area contributed by atoms with Crippen LogP contribution in [0.5, 0.6) is 5.75 Å². The lowest BCUT2D eigenvalue weighted by atomic mass is 10.2. The Bertz CT molecular complexity index is 1760. The van der Waals surface area contributed by atoms with E-state index >= 15 is 0 Å². The third-order valence-electron chi connectivity index (χ3n) is 5.69. The fraction of sp³-hybridized carbons (Fsp3) is 0.160. The second-order valence-electron chi connectivity index (χ2n) is 8.33. The number of anilines is 2. The molecule has 0 aliphatic carbocycles. The summed E-state index contributed by atoms with van der Waals surface area (Å²) in [4.78, 5) is 21.2. The summed E-state index contributed by atoms with van der Waals surface area (Å²) in [6.45, 7) is 0.331. The van der Waals surface area contributed by atoms with E-state index in [1.807, 2.05) is 6.07 Å². The monoisotopic (exact) mass is 530 g/mol. The van der Waals surface area contributed by atoms with E-state index in [9.17, 15) is 18.8 Å². The molecule has 1 aromatic carbocycles. The average Bonchev–Trinajstić information content (AvgIpc) is 3.52. The maximum atomic E-state index is 13.1. The minimum absolute atomic E-state index is 0.00777. The molecule has 4 aromatic heterocycles. The van der Waals surface area contributed by atoms with Crippen LogP contribution in [-0.4, -0.2) is 54.1 Å². The van der Waals surface area contributed by atoms with Crippen LogP contribution in [0.4, 0.5) is 20.3 Å². The van der Waals surface area contributed by atoms with E-state index in [4.69, 9.17) is 0 Å². The van der Waals surface area contributed by atoms with Gasteiger partial charge in [-0.05, 0) is 56.3 Å². The van der Waals surface area contributed by atoms with E-state index in [0.29, 0.717) is 39.5 Å². The number of hydrogen-bond acceptors (Lipinski definition) is 9. The smallest absolute Gasteiger partial charge is 0.387 e. The molecule has 4 heterocycles. The zero-order valence-corrected chi connectivity index (χ0v) is 20.8. The van der Waals surface area contributed by atoms with Crippen molar-refractivity contribution in [2.45, 2.75) is 20.5 Å². The number of halogens is 2. The number of hydrogen-bond donors (Lipinski definition) is 2. The van der Waals surface area contributed by atoms with Crippen molar-refractivity contribution in [1.29, 1.82) is 5.26 Å². The zero-order valence-electron chi connectivity index (χ0n) is 20.8. The molecule has 14 heteroatoms. The molecule has 0 radical (unpaired) electrons. The highest BCUT2D eigenvalue weighted by atomic mass is 19.3. The lowest BCUT2D eigenvalue weighted by molar-refractivity contribution is -0.0501. The predicted molar refractivity (Wildman–Crippen MR) is 136 cm³/mol. The topological polar surface area (TPSA) is 148 Å². The Balaban J connectivity index is 1.53. The number of rotatable bonds is 7. The quantitative estimate of drug-likeness (QED) is 0.322. The van der Waals surface area contributed by atoms with E-state index in [2.05, 4.69) is 40.6 Å². The van der Waals surface area contributed by atoms with Crippen molar-refractivity contribution in [1.82, 2.24) is 39.8 Å². The summed E-state index contributed by atoms with van der Waals surface area (Å²) in [7, 11) is 1.53. The largest absolute Gasteiger partial charge is 0.431 e. The van der Waals surface area contributed by atoms with Crippen LogP contribution in [0, 0.1) is 25.2 Å². The molecule has 0 saturated carbocycles. The molecule has 0 aliphatic rings. The summed E-state index contributed by atoms with van der Waals surface area (Å²) in [5.41, 5.74) is 3.41. The van der Waals surface area contributed by atoms with Crippen LogP contribution >= 0.6 is 0 Å². The van der Waals surface area contributed by atoms with Crippen molar-refractivity contribution in [2.75, 3.05) is 12.4 Å². The molecule has 0 unspecified atom stereocenters. The van der Waals surface area contributed by atoms with Crippen molar-refractivity contribution < 1.29 is 18.3 Å². The number of benzene rings is 1. The maximum absolute atomic E-state index is 13.1. The molecular weight excluding hydrogens is 510 g/mol. The fourth-order valence-electron chi connectivity index (χ4n) is 3.94. The first-order chi connectivity index (χ1) is 18.8. The molecule has 12 nitrogen and oxygen atoms in total. The number of nitrogens with one attached hydrogen (secondary N) is 2. The third kappa shape index (κ3) is 4.92. The molecule has 0 spiro atoms. The number of pyridine rings is 1. The van der Waals surface area contributed by atoms with Gasteiger partial charge >= 0.3 is 6.61 Å². The lowest BCUT2D eigenvalue weighted by Gasteiger charge is -2.13. The van der Waals surface area contributed by atoms with Gasteiger partial charge in [0.2, 0.25) is 0 Å². The Labute approximate surface area is 219 Å². The van der Waals surface area contributed by atoms with Crippen LogP contribution in [0.2, 0.25) is 0 Å². The van der Waals surface area contributed by atoms with Crippen molar-refractivity contribution in [2.24, 2.45) is 0 Å². The molecule has 5 aromatic rings. The molecule has 0 bridgehead atoms. The number of nitrogens with zero attached hydrogens (tertiary/aromatic N) is 8. The van der Waals surface area contributed by atoms with Gasteiger partial charge < -0.3 is 15.4 Å². The Morgan fingerprint density at radius 3 is 2.67 bits per heavy atom. The molecule has 0 atom stereocenters. The molecule has 5 rings (SSSR count). The minimum Gasteiger partial charge on any atom is -0.431 e. The number of nitriles is 1. The molecule has 1 amide bonds. The Kier molecular flexibility index (Phi) is 6.55. The summed E-state index contributed by atoms with van der Waals surface area (Å²) in [6.07, 6.45) is 1.53. The van der Waals surface area contributed by atoms with Crippen LogP contribution in [0.25, 0.3) is 22.7 Å². The average molecular weight is 530 g/mol. The second-order valence-corrected chi connectivity index (χ2v) is 8.33. The van der Waals surface area contributed by atoms with Gasteiger partial charge in [0.1, 0.15) is 18.2 Å². The molecule has 39 heavy (non-hydrogen) atoms. The van der Waals surface area contributed by atoms with Crippen molar-refractivity contribution in [3.8, 4) is 23.5 Å². The second kappa shape index (κ2) is 10.1. The maximum Gasteiger partial charge on any atom is 0.387 e. The number of fused-ring (bicyclic) bond motifs is 1. The van der Waals surface area contributed by atoms with Crippen LogP contribution in [-0.2, 0) is 0 Å². The van der Waals surface area contributed by atoms with E-state index in [1.165, 1.54) is 36.3 Å². The molecule has 0 fully saturated rings. The van der Waals surface area contributed by atoms with Gasteiger partial charge in [-0.15, -0.1) is 5.10 Å². The van der Waals surface area contributed by atoms with E-state index < -0.39 is 6.61 Å². The van der Waals surface area contributed by atoms with Crippen LogP contribution < -0.4 is 15.4 Å². The number of alkyl halides is 2. The summed E-state index contributed by atoms with van der Waals surface area (Å²) in [5.74, 6) is 0.120. The lowest BCUT2D eigenvalue weighted by Crippen LogP contribution is -2.20. The van der Waals surface area contributed by atoms with Gasteiger partial charge in [-0.3, -0.25) is 9.36 Å². The van der Waals surface area contributed by atoms with Crippen molar-refractivity contribution in [3.05, 3.63) is 71.4 Å². The van der Waals surface area contributed by atoms with Gasteiger partial charge in [-0.2, -0.15) is 24.2 Å². The van der Waals surface area contributed by atoms with Gasteiger partial charge in [0, 0.05) is 18.4 Å². The summed E-state index contributed by atoms with van der Waals surface area (Å²) in [5, 5.41) is 27.1. The van der Waals surface area contributed by atoms with Crippen molar-refractivity contribution in [3.63, 3.8) is 0 Å². The number of ether oxygens (including phenoxy) is 1. The molecular formula is C25H20F2N10O2. The van der Waals surface area contributed by atoms with E-state index in [-0.39, 0.29) is 29.0 Å². The number of aromatic nitrogens is 7. The number of aryl methyl sites for hydroxylation is 2. The van der Waals surface area contributed by atoms with E-state index in [0.717, 1.165) is 0 Å². The highest BCUT2D eigenvalue weighted by molar-refractivity contribution is 5.99. The number of amides is 1. The van der Waals surface area contributed by atoms with Crippen LogP contribution in [0.3, 0.4) is 0 Å². The zero-order chi connectivity index (χ0) is 27.7. The van der Waals surface area contributed by atoms with Gasteiger partial charge in [0.15, 0.2) is 23.1 Å². The Morgan fingerprint density at radius 2 is 1.95 bits per heavy atom. The first kappa shape index (κ1) is 25.2. The van der Waals surface area contributed by atoms with Crippen LogP contribution in [0.1, 0.15) is 27.4 Å². The highest BCUT2D eigenvalue weighted by Crippen LogP contribution is 2.28. The number of carbonyl (C=O) groups excluding carboxylic acids is 1. The highest BCUT2D eigenvalue weighted by Gasteiger charge is 2.19. The molecule has 0 aliphatic heterocycles. The molecule has 0 saturated heterocycles. The van der Waals surface area contributed by atoms with Crippen molar-refractivity contribution >= 4 is 28.4 Å². The molecule has 2 N–H and O–H groups in total. The Hall–Kier alpha value is -5.45.